The number of rotatable bonds is 4. The normalized spacial score (nSPS) is 10.5. The van der Waals surface area contributed by atoms with Crippen LogP contribution in [0.1, 0.15) is 28.4 Å². The van der Waals surface area contributed by atoms with Crippen LogP contribution in [0, 0.1) is 12.7 Å². The van der Waals surface area contributed by atoms with Crippen molar-refractivity contribution in [1.29, 1.82) is 0 Å². The first-order valence-corrected chi connectivity index (χ1v) is 7.04. The van der Waals surface area contributed by atoms with Crippen LogP contribution in [0.15, 0.2) is 47.4 Å². The van der Waals surface area contributed by atoms with E-state index in [9.17, 15) is 9.18 Å². The van der Waals surface area contributed by atoms with Crippen molar-refractivity contribution in [3.8, 4) is 0 Å². The van der Waals surface area contributed by atoms with Crippen LogP contribution in [0.25, 0.3) is 0 Å². The molecule has 0 aliphatic heterocycles. The molecule has 0 unspecified atom stereocenters. The van der Waals surface area contributed by atoms with Crippen molar-refractivity contribution in [2.45, 2.75) is 24.5 Å². The molecule has 1 nitrogen and oxygen atoms in total. The van der Waals surface area contributed by atoms with E-state index in [1.54, 1.807) is 24.8 Å². The zero-order valence-electron chi connectivity index (χ0n) is 10.9. The van der Waals surface area contributed by atoms with Crippen molar-refractivity contribution >= 4 is 17.5 Å². The minimum atomic E-state index is -0.325. The lowest BCUT2D eigenvalue weighted by molar-refractivity contribution is 0.101. The zero-order valence-corrected chi connectivity index (χ0v) is 11.8. The summed E-state index contributed by atoms with van der Waals surface area (Å²) in [4.78, 5) is 12.4. The van der Waals surface area contributed by atoms with E-state index >= 15 is 0 Å². The molecule has 98 valence electrons. The Hall–Kier alpha value is -1.61. The van der Waals surface area contributed by atoms with Gasteiger partial charge in [-0.25, -0.2) is 4.39 Å². The lowest BCUT2D eigenvalue weighted by Gasteiger charge is -2.09. The third kappa shape index (κ3) is 3.44. The van der Waals surface area contributed by atoms with Gasteiger partial charge < -0.3 is 0 Å². The van der Waals surface area contributed by atoms with Crippen LogP contribution < -0.4 is 0 Å². The summed E-state index contributed by atoms with van der Waals surface area (Å²) >= 11 is 1.56. The number of thioether (sulfide) groups is 1. The zero-order chi connectivity index (χ0) is 13.8. The van der Waals surface area contributed by atoms with Gasteiger partial charge in [-0.3, -0.25) is 4.79 Å². The third-order valence-corrected chi connectivity index (χ3v) is 4.00. The van der Waals surface area contributed by atoms with Crippen LogP contribution >= 0.6 is 11.8 Å². The Balaban J connectivity index is 2.24. The number of ketones is 1. The summed E-state index contributed by atoms with van der Waals surface area (Å²) in [5.41, 5.74) is 2.22. The summed E-state index contributed by atoms with van der Waals surface area (Å²) in [7, 11) is 0. The van der Waals surface area contributed by atoms with Crippen LogP contribution in [0.2, 0.25) is 0 Å². The van der Waals surface area contributed by atoms with E-state index in [4.69, 9.17) is 0 Å². The van der Waals surface area contributed by atoms with Gasteiger partial charge >= 0.3 is 0 Å². The van der Waals surface area contributed by atoms with Gasteiger partial charge in [-0.05, 0) is 37.1 Å². The molecule has 2 rings (SSSR count). The largest absolute Gasteiger partial charge is 0.294 e. The highest BCUT2D eigenvalue weighted by atomic mass is 32.2. The number of aryl methyl sites for hydroxylation is 1. The Kier molecular flexibility index (Phi) is 4.38. The van der Waals surface area contributed by atoms with E-state index in [-0.39, 0.29) is 11.6 Å². The highest BCUT2D eigenvalue weighted by Crippen LogP contribution is 2.29. The van der Waals surface area contributed by atoms with Crippen molar-refractivity contribution in [3.63, 3.8) is 0 Å². The third-order valence-electron chi connectivity index (χ3n) is 2.88. The summed E-state index contributed by atoms with van der Waals surface area (Å²) < 4.78 is 13.5. The highest BCUT2D eigenvalue weighted by molar-refractivity contribution is 7.98. The summed E-state index contributed by atoms with van der Waals surface area (Å²) in [6.45, 7) is 3.18. The van der Waals surface area contributed by atoms with Crippen molar-refractivity contribution in [1.82, 2.24) is 0 Å². The number of carbonyl (C=O) groups excluding carboxylic acids is 1. The van der Waals surface area contributed by atoms with Gasteiger partial charge in [0.2, 0.25) is 0 Å². The molecule has 2 aromatic rings. The predicted molar refractivity (Wildman–Crippen MR) is 77.1 cm³/mol. The fourth-order valence-corrected chi connectivity index (χ4v) is 2.92. The fraction of sp³-hybridized carbons (Fsp3) is 0.188. The van der Waals surface area contributed by atoms with Gasteiger partial charge in [-0.1, -0.05) is 30.3 Å². The molecule has 0 atom stereocenters. The van der Waals surface area contributed by atoms with E-state index < -0.39 is 0 Å². The molecule has 0 aromatic heterocycles. The number of carbonyl (C=O) groups is 1. The molecule has 0 aliphatic rings. The maximum atomic E-state index is 13.5. The molecule has 0 heterocycles. The van der Waals surface area contributed by atoms with Crippen molar-refractivity contribution in [2.24, 2.45) is 0 Å². The Bertz CT molecular complexity index is 593. The number of hydrogen-bond acceptors (Lipinski definition) is 2. The Morgan fingerprint density at radius 1 is 1.21 bits per heavy atom. The SMILES string of the molecule is CC(=O)c1cc(F)c(C)cc1SCc1ccccc1. The van der Waals surface area contributed by atoms with Gasteiger partial charge in [0.05, 0.1) is 0 Å². The van der Waals surface area contributed by atoms with Gasteiger partial charge in [-0.2, -0.15) is 0 Å². The molecule has 0 N–H and O–H groups in total. The first-order valence-electron chi connectivity index (χ1n) is 6.05. The molecule has 0 aliphatic carbocycles. The second-order valence-electron chi connectivity index (χ2n) is 4.43. The van der Waals surface area contributed by atoms with Gasteiger partial charge in [0.25, 0.3) is 0 Å². The minimum absolute atomic E-state index is 0.102. The maximum absolute atomic E-state index is 13.5. The van der Waals surface area contributed by atoms with Crippen molar-refractivity contribution in [3.05, 3.63) is 65.0 Å². The molecule has 2 aromatic carbocycles. The van der Waals surface area contributed by atoms with Gasteiger partial charge in [0, 0.05) is 16.2 Å². The van der Waals surface area contributed by atoms with Crippen LogP contribution in [-0.4, -0.2) is 5.78 Å². The quantitative estimate of drug-likeness (QED) is 0.597. The lowest BCUT2D eigenvalue weighted by Crippen LogP contribution is -1.98. The standard InChI is InChI=1S/C16H15FOS/c1-11-8-16(14(12(2)18)9-15(11)17)19-10-13-6-4-3-5-7-13/h3-9H,10H2,1-2H3. The van der Waals surface area contributed by atoms with E-state index in [1.807, 2.05) is 30.3 Å². The minimum Gasteiger partial charge on any atom is -0.294 e. The summed E-state index contributed by atoms with van der Waals surface area (Å²) in [6, 6.07) is 13.1. The topological polar surface area (TPSA) is 17.1 Å². The maximum Gasteiger partial charge on any atom is 0.161 e. The molecular weight excluding hydrogens is 259 g/mol. The summed E-state index contributed by atoms with van der Waals surface area (Å²) in [5.74, 6) is 0.343. The van der Waals surface area contributed by atoms with Crippen LogP contribution in [0.5, 0.6) is 0 Å². The monoisotopic (exact) mass is 274 g/mol. The molecule has 0 bridgehead atoms. The first-order chi connectivity index (χ1) is 9.08. The van der Waals surface area contributed by atoms with E-state index in [0.717, 1.165) is 10.6 Å². The smallest absolute Gasteiger partial charge is 0.161 e. The van der Waals surface area contributed by atoms with Crippen molar-refractivity contribution in [2.75, 3.05) is 0 Å². The van der Waals surface area contributed by atoms with Crippen LogP contribution in [0.3, 0.4) is 0 Å². The number of Topliss-reactive ketones (excluding diaryl/α,β-unsaturated/α-hetero) is 1. The predicted octanol–water partition coefficient (Wildman–Crippen LogP) is 4.63. The molecule has 0 amide bonds. The summed E-state index contributed by atoms with van der Waals surface area (Å²) in [5, 5.41) is 0. The van der Waals surface area contributed by atoms with E-state index in [1.165, 1.54) is 18.6 Å². The molecule has 0 saturated heterocycles. The van der Waals surface area contributed by atoms with Crippen molar-refractivity contribution < 1.29 is 9.18 Å². The van der Waals surface area contributed by atoms with E-state index in [2.05, 4.69) is 0 Å². The Morgan fingerprint density at radius 3 is 2.53 bits per heavy atom. The molecule has 19 heavy (non-hydrogen) atoms. The van der Waals surface area contributed by atoms with Gasteiger partial charge in [0.1, 0.15) is 5.82 Å². The Labute approximate surface area is 116 Å². The molecule has 0 fully saturated rings. The molecule has 0 radical (unpaired) electrons. The number of benzene rings is 2. The number of halogens is 1. The molecular formula is C16H15FOS. The van der Waals surface area contributed by atoms with Gasteiger partial charge in [0.15, 0.2) is 5.78 Å². The Morgan fingerprint density at radius 2 is 1.89 bits per heavy atom. The first kappa shape index (κ1) is 13.8. The van der Waals surface area contributed by atoms with Crippen LogP contribution in [-0.2, 0) is 5.75 Å². The molecule has 3 heteroatoms. The fourth-order valence-electron chi connectivity index (χ4n) is 1.78. The van der Waals surface area contributed by atoms with Gasteiger partial charge in [-0.15, -0.1) is 11.8 Å². The second-order valence-corrected chi connectivity index (χ2v) is 5.45. The second kappa shape index (κ2) is 6.02. The average Bonchev–Trinajstić information content (AvgIpc) is 2.40. The molecule has 0 spiro atoms. The van der Waals surface area contributed by atoms with E-state index in [0.29, 0.717) is 11.1 Å². The number of hydrogen-bond donors (Lipinski definition) is 0. The highest BCUT2D eigenvalue weighted by Gasteiger charge is 2.11. The molecule has 0 saturated carbocycles. The van der Waals surface area contributed by atoms with Crippen LogP contribution in [0.4, 0.5) is 4.39 Å². The summed E-state index contributed by atoms with van der Waals surface area (Å²) in [6.07, 6.45) is 0. The lowest BCUT2D eigenvalue weighted by atomic mass is 10.1. The average molecular weight is 274 g/mol.